The maximum atomic E-state index is 12.5. The van der Waals surface area contributed by atoms with E-state index in [9.17, 15) is 18.0 Å². The number of hydrogen-bond acceptors (Lipinski definition) is 1. The van der Waals surface area contributed by atoms with Crippen LogP contribution < -0.4 is 5.32 Å². The van der Waals surface area contributed by atoms with Crippen molar-refractivity contribution in [2.75, 3.05) is 0 Å². The smallest absolute Gasteiger partial charge is 0.350 e. The first-order valence-electron chi connectivity index (χ1n) is 6.32. The average Bonchev–Trinajstić information content (AvgIpc) is 2.71. The van der Waals surface area contributed by atoms with Crippen molar-refractivity contribution in [3.8, 4) is 0 Å². The Morgan fingerprint density at radius 3 is 2.32 bits per heavy atom. The summed E-state index contributed by atoms with van der Waals surface area (Å²) in [4.78, 5) is 11.3. The van der Waals surface area contributed by atoms with Gasteiger partial charge in [-0.05, 0) is 37.0 Å². The third-order valence-corrected chi connectivity index (χ3v) is 3.74. The topological polar surface area (TPSA) is 29.1 Å². The minimum absolute atomic E-state index is 0.0220. The Labute approximate surface area is 110 Å². The van der Waals surface area contributed by atoms with E-state index in [1.165, 1.54) is 12.1 Å². The molecule has 19 heavy (non-hydrogen) atoms. The third kappa shape index (κ3) is 3.08. The van der Waals surface area contributed by atoms with Gasteiger partial charge in [0.1, 0.15) is 0 Å². The molecule has 1 aromatic rings. The molecule has 1 heterocycles. The highest BCUT2D eigenvalue weighted by molar-refractivity contribution is 5.79. The van der Waals surface area contributed by atoms with Gasteiger partial charge in [-0.15, -0.1) is 0 Å². The molecule has 1 aliphatic rings. The molecule has 1 amide bonds. The minimum atomic E-state index is -4.30. The normalized spacial score (nSPS) is 23.5. The molecule has 1 atom stereocenters. The summed E-state index contributed by atoms with van der Waals surface area (Å²) in [6.45, 7) is 1.98. The molecular formula is C14H16F3NO. The molecule has 1 fully saturated rings. The molecular weight excluding hydrogens is 255 g/mol. The minimum Gasteiger partial charge on any atom is -0.350 e. The highest BCUT2D eigenvalue weighted by Gasteiger charge is 2.36. The molecule has 5 heteroatoms. The van der Waals surface area contributed by atoms with Crippen LogP contribution >= 0.6 is 0 Å². The lowest BCUT2D eigenvalue weighted by Gasteiger charge is -2.28. The van der Waals surface area contributed by atoms with Crippen LogP contribution in [0.4, 0.5) is 13.2 Å². The summed E-state index contributed by atoms with van der Waals surface area (Å²) < 4.78 is 37.4. The van der Waals surface area contributed by atoms with E-state index in [0.717, 1.165) is 30.5 Å². The number of alkyl halides is 3. The predicted molar refractivity (Wildman–Crippen MR) is 65.5 cm³/mol. The van der Waals surface area contributed by atoms with Gasteiger partial charge >= 0.3 is 6.18 Å². The SMILES string of the molecule is CCC1(Cc2ccc(C(F)(F)F)cc2)CCC(=O)N1. The first-order valence-corrected chi connectivity index (χ1v) is 6.32. The maximum absolute atomic E-state index is 12.5. The second-order valence-corrected chi connectivity index (χ2v) is 5.05. The molecule has 0 radical (unpaired) electrons. The highest BCUT2D eigenvalue weighted by atomic mass is 19.4. The zero-order valence-electron chi connectivity index (χ0n) is 10.7. The van der Waals surface area contributed by atoms with Crippen molar-refractivity contribution in [1.29, 1.82) is 0 Å². The largest absolute Gasteiger partial charge is 0.416 e. The molecule has 0 aromatic heterocycles. The first-order chi connectivity index (χ1) is 8.85. The van der Waals surface area contributed by atoms with Crippen LogP contribution in [0.3, 0.4) is 0 Å². The number of rotatable bonds is 3. The van der Waals surface area contributed by atoms with Gasteiger partial charge in [0, 0.05) is 12.0 Å². The lowest BCUT2D eigenvalue weighted by Crippen LogP contribution is -2.42. The third-order valence-electron chi connectivity index (χ3n) is 3.74. The summed E-state index contributed by atoms with van der Waals surface area (Å²) in [6, 6.07) is 5.17. The standard InChI is InChI=1S/C14H16F3NO/c1-2-13(8-7-12(19)18-13)9-10-3-5-11(6-4-10)14(15,16)17/h3-6H,2,7-9H2,1H3,(H,18,19). The average molecular weight is 271 g/mol. The number of carbonyl (C=O) groups excluding carboxylic acids is 1. The molecule has 1 aromatic carbocycles. The van der Waals surface area contributed by atoms with Crippen molar-refractivity contribution in [3.05, 3.63) is 35.4 Å². The van der Waals surface area contributed by atoms with Gasteiger partial charge in [-0.2, -0.15) is 13.2 Å². The van der Waals surface area contributed by atoms with Gasteiger partial charge in [-0.3, -0.25) is 4.79 Å². The fraction of sp³-hybridized carbons (Fsp3) is 0.500. The van der Waals surface area contributed by atoms with Gasteiger partial charge in [0.25, 0.3) is 0 Å². The number of benzene rings is 1. The number of carbonyl (C=O) groups is 1. The van der Waals surface area contributed by atoms with E-state index in [2.05, 4.69) is 5.32 Å². The molecule has 1 unspecified atom stereocenters. The van der Waals surface area contributed by atoms with E-state index >= 15 is 0 Å². The zero-order valence-corrected chi connectivity index (χ0v) is 10.7. The maximum Gasteiger partial charge on any atom is 0.416 e. The van der Waals surface area contributed by atoms with Gasteiger partial charge in [-0.1, -0.05) is 19.1 Å². The van der Waals surface area contributed by atoms with E-state index in [0.29, 0.717) is 12.8 Å². The van der Waals surface area contributed by atoms with Gasteiger partial charge in [0.05, 0.1) is 5.56 Å². The quantitative estimate of drug-likeness (QED) is 0.897. The zero-order chi connectivity index (χ0) is 14.1. The molecule has 0 saturated carbocycles. The number of hydrogen-bond donors (Lipinski definition) is 1. The summed E-state index contributed by atoms with van der Waals surface area (Å²) in [5.41, 5.74) is -0.120. The van der Waals surface area contributed by atoms with E-state index < -0.39 is 11.7 Å². The van der Waals surface area contributed by atoms with Gasteiger partial charge < -0.3 is 5.32 Å². The Hall–Kier alpha value is -1.52. The fourth-order valence-corrected chi connectivity index (χ4v) is 2.50. The molecule has 2 nitrogen and oxygen atoms in total. The van der Waals surface area contributed by atoms with Crippen LogP contribution in [0.15, 0.2) is 24.3 Å². The lowest BCUT2D eigenvalue weighted by molar-refractivity contribution is -0.137. The van der Waals surface area contributed by atoms with Crippen molar-refractivity contribution in [2.45, 2.75) is 44.3 Å². The molecule has 0 bridgehead atoms. The van der Waals surface area contributed by atoms with Gasteiger partial charge in [-0.25, -0.2) is 0 Å². The van der Waals surface area contributed by atoms with Crippen molar-refractivity contribution < 1.29 is 18.0 Å². The molecule has 104 valence electrons. The summed E-state index contributed by atoms with van der Waals surface area (Å²) in [7, 11) is 0. The van der Waals surface area contributed by atoms with E-state index in [1.807, 2.05) is 6.92 Å². The van der Waals surface area contributed by atoms with Crippen molar-refractivity contribution >= 4 is 5.91 Å². The summed E-state index contributed by atoms with van der Waals surface area (Å²) in [5.74, 6) is 0.0220. The van der Waals surface area contributed by atoms with Crippen LogP contribution in [0.25, 0.3) is 0 Å². The van der Waals surface area contributed by atoms with Crippen molar-refractivity contribution in [1.82, 2.24) is 5.32 Å². The number of nitrogens with one attached hydrogen (secondary N) is 1. The molecule has 0 aliphatic carbocycles. The van der Waals surface area contributed by atoms with Crippen LogP contribution in [-0.2, 0) is 17.4 Å². The lowest BCUT2D eigenvalue weighted by atomic mass is 9.87. The number of amides is 1. The summed E-state index contributed by atoms with van der Waals surface area (Å²) >= 11 is 0. The van der Waals surface area contributed by atoms with Crippen molar-refractivity contribution in [3.63, 3.8) is 0 Å². The van der Waals surface area contributed by atoms with E-state index in [4.69, 9.17) is 0 Å². The van der Waals surface area contributed by atoms with Crippen LogP contribution in [0.1, 0.15) is 37.3 Å². The highest BCUT2D eigenvalue weighted by Crippen LogP contribution is 2.31. The second kappa shape index (κ2) is 4.87. The first kappa shape index (κ1) is 13.9. The molecule has 2 rings (SSSR count). The van der Waals surface area contributed by atoms with E-state index in [1.54, 1.807) is 0 Å². The summed E-state index contributed by atoms with van der Waals surface area (Å²) in [6.07, 6.45) is -1.71. The van der Waals surface area contributed by atoms with E-state index in [-0.39, 0.29) is 11.4 Å². The Morgan fingerprint density at radius 2 is 1.89 bits per heavy atom. The van der Waals surface area contributed by atoms with Gasteiger partial charge in [0.2, 0.25) is 5.91 Å². The molecule has 0 spiro atoms. The predicted octanol–water partition coefficient (Wildman–Crippen LogP) is 3.31. The molecule has 1 N–H and O–H groups in total. The van der Waals surface area contributed by atoms with Crippen LogP contribution in [0.5, 0.6) is 0 Å². The van der Waals surface area contributed by atoms with Crippen molar-refractivity contribution in [2.24, 2.45) is 0 Å². The Bertz CT molecular complexity index is 467. The van der Waals surface area contributed by atoms with Crippen LogP contribution in [0, 0.1) is 0 Å². The fourth-order valence-electron chi connectivity index (χ4n) is 2.50. The second-order valence-electron chi connectivity index (χ2n) is 5.05. The van der Waals surface area contributed by atoms with Gasteiger partial charge in [0.15, 0.2) is 0 Å². The molecule has 1 saturated heterocycles. The molecule has 1 aliphatic heterocycles. The summed E-state index contributed by atoms with van der Waals surface area (Å²) in [5, 5.41) is 2.95. The Morgan fingerprint density at radius 1 is 1.26 bits per heavy atom. The Balaban J connectivity index is 2.13. The Kier molecular flexibility index (Phi) is 3.56. The monoisotopic (exact) mass is 271 g/mol. The van der Waals surface area contributed by atoms with Crippen LogP contribution in [0.2, 0.25) is 0 Å². The number of halogens is 3. The van der Waals surface area contributed by atoms with Crippen LogP contribution in [-0.4, -0.2) is 11.4 Å².